The maximum absolute atomic E-state index is 5.15. The van der Waals surface area contributed by atoms with Crippen molar-refractivity contribution in [2.45, 2.75) is 0 Å². The molecule has 0 spiro atoms. The molecule has 4 nitrogen and oxygen atoms in total. The molecule has 0 radical (unpaired) electrons. The molecule has 0 atom stereocenters. The van der Waals surface area contributed by atoms with Gasteiger partial charge in [0.2, 0.25) is 5.88 Å². The van der Waals surface area contributed by atoms with E-state index in [9.17, 15) is 0 Å². The first-order valence-corrected chi connectivity index (χ1v) is 7.41. The van der Waals surface area contributed by atoms with Crippen molar-refractivity contribution in [2.24, 2.45) is 0 Å². The molecule has 0 aliphatic carbocycles. The fourth-order valence-electron chi connectivity index (χ4n) is 2.03. The summed E-state index contributed by atoms with van der Waals surface area (Å²) in [5.41, 5.74) is 2.08. The first kappa shape index (κ1) is 11.0. The van der Waals surface area contributed by atoms with Crippen LogP contribution in [-0.4, -0.2) is 21.5 Å². The smallest absolute Gasteiger partial charge is 0.214 e. The molecule has 0 fully saturated rings. The lowest BCUT2D eigenvalue weighted by Gasteiger charge is -1.96. The molecule has 0 aliphatic heterocycles. The maximum Gasteiger partial charge on any atom is 0.214 e. The van der Waals surface area contributed by atoms with Crippen LogP contribution in [0.2, 0.25) is 0 Å². The molecule has 0 bridgehead atoms. The lowest BCUT2D eigenvalue weighted by atomic mass is 10.4. The summed E-state index contributed by atoms with van der Waals surface area (Å²) in [6, 6.07) is 8.02. The van der Waals surface area contributed by atoms with Gasteiger partial charge in [-0.25, -0.2) is 9.97 Å². The Balaban J connectivity index is 1.96. The fraction of sp³-hybridized carbons (Fsp3) is 0.0769. The molecule has 0 aromatic carbocycles. The number of aromatic nitrogens is 3. The van der Waals surface area contributed by atoms with E-state index in [0.717, 1.165) is 21.0 Å². The van der Waals surface area contributed by atoms with Crippen LogP contribution in [0.3, 0.4) is 0 Å². The Kier molecular flexibility index (Phi) is 2.33. The van der Waals surface area contributed by atoms with Crippen molar-refractivity contribution in [1.82, 2.24) is 14.4 Å². The number of rotatable bonds is 2. The summed E-state index contributed by atoms with van der Waals surface area (Å²) in [5, 5.41) is 2.06. The number of fused-ring (bicyclic) bond motifs is 3. The van der Waals surface area contributed by atoms with Crippen LogP contribution in [0.25, 0.3) is 25.9 Å². The van der Waals surface area contributed by atoms with Gasteiger partial charge in [0.05, 0.1) is 17.5 Å². The molecular formula is C13H9N3OS2. The second-order valence-corrected chi connectivity index (χ2v) is 5.94. The first-order valence-electron chi connectivity index (χ1n) is 5.71. The highest BCUT2D eigenvalue weighted by Crippen LogP contribution is 2.30. The SMILES string of the molecule is COc1ccc2c(n1)sc1nc(-c3cccs3)cn12. The molecule has 0 saturated heterocycles. The molecule has 4 rings (SSSR count). The lowest BCUT2D eigenvalue weighted by molar-refractivity contribution is 0.400. The van der Waals surface area contributed by atoms with E-state index in [1.54, 1.807) is 29.8 Å². The summed E-state index contributed by atoms with van der Waals surface area (Å²) in [6.45, 7) is 0. The number of hydrogen-bond acceptors (Lipinski definition) is 5. The Hall–Kier alpha value is -1.92. The summed E-state index contributed by atoms with van der Waals surface area (Å²) in [4.78, 5) is 12.2. The zero-order valence-electron chi connectivity index (χ0n) is 10.0. The molecule has 19 heavy (non-hydrogen) atoms. The molecule has 4 aromatic heterocycles. The normalized spacial score (nSPS) is 11.4. The Bertz CT molecular complexity index is 861. The van der Waals surface area contributed by atoms with Gasteiger partial charge in [0.25, 0.3) is 0 Å². The zero-order chi connectivity index (χ0) is 12.8. The number of thiazole rings is 1. The van der Waals surface area contributed by atoms with Crippen molar-refractivity contribution < 1.29 is 4.74 Å². The van der Waals surface area contributed by atoms with Crippen LogP contribution >= 0.6 is 22.7 Å². The number of imidazole rings is 1. The Morgan fingerprint density at radius 2 is 2.16 bits per heavy atom. The molecule has 0 aliphatic rings. The highest BCUT2D eigenvalue weighted by atomic mass is 32.1. The number of ether oxygens (including phenoxy) is 1. The number of hydrogen-bond donors (Lipinski definition) is 0. The summed E-state index contributed by atoms with van der Waals surface area (Å²) in [6.07, 6.45) is 2.06. The van der Waals surface area contributed by atoms with Crippen LogP contribution in [0.15, 0.2) is 35.8 Å². The van der Waals surface area contributed by atoms with Crippen molar-refractivity contribution in [3.05, 3.63) is 35.8 Å². The minimum Gasteiger partial charge on any atom is -0.481 e. The molecule has 6 heteroatoms. The maximum atomic E-state index is 5.15. The third-order valence-electron chi connectivity index (χ3n) is 2.92. The minimum atomic E-state index is 0.635. The van der Waals surface area contributed by atoms with E-state index in [0.29, 0.717) is 5.88 Å². The van der Waals surface area contributed by atoms with Crippen LogP contribution in [0.5, 0.6) is 5.88 Å². The number of methoxy groups -OCH3 is 1. The molecule has 0 saturated carbocycles. The van der Waals surface area contributed by atoms with Gasteiger partial charge in [0, 0.05) is 12.3 Å². The van der Waals surface area contributed by atoms with E-state index in [4.69, 9.17) is 4.74 Å². The largest absolute Gasteiger partial charge is 0.481 e. The lowest BCUT2D eigenvalue weighted by Crippen LogP contribution is -1.86. The van der Waals surface area contributed by atoms with Gasteiger partial charge < -0.3 is 4.74 Å². The molecule has 4 aromatic rings. The van der Waals surface area contributed by atoms with E-state index < -0.39 is 0 Å². The Morgan fingerprint density at radius 3 is 2.95 bits per heavy atom. The Labute approximate surface area is 116 Å². The molecular weight excluding hydrogens is 278 g/mol. The molecule has 4 heterocycles. The van der Waals surface area contributed by atoms with E-state index in [1.807, 2.05) is 18.2 Å². The average molecular weight is 287 g/mol. The van der Waals surface area contributed by atoms with Gasteiger partial charge in [-0.3, -0.25) is 4.40 Å². The van der Waals surface area contributed by atoms with Crippen LogP contribution in [0, 0.1) is 0 Å². The highest BCUT2D eigenvalue weighted by molar-refractivity contribution is 7.23. The van der Waals surface area contributed by atoms with E-state index in [1.165, 1.54) is 4.88 Å². The topological polar surface area (TPSA) is 39.4 Å². The summed E-state index contributed by atoms with van der Waals surface area (Å²) >= 11 is 3.27. The number of thiophene rings is 1. The van der Waals surface area contributed by atoms with E-state index in [2.05, 4.69) is 32.0 Å². The highest BCUT2D eigenvalue weighted by Gasteiger charge is 2.12. The quantitative estimate of drug-likeness (QED) is 0.564. The van der Waals surface area contributed by atoms with Gasteiger partial charge in [-0.15, -0.1) is 11.3 Å². The average Bonchev–Trinajstić information content (AvgIpc) is 3.12. The number of pyridine rings is 1. The van der Waals surface area contributed by atoms with Crippen molar-refractivity contribution in [3.63, 3.8) is 0 Å². The molecule has 0 amide bonds. The van der Waals surface area contributed by atoms with Gasteiger partial charge in [-0.2, -0.15) is 0 Å². The predicted octanol–water partition coefficient (Wildman–Crippen LogP) is 3.68. The van der Waals surface area contributed by atoms with E-state index >= 15 is 0 Å². The summed E-state index contributed by atoms with van der Waals surface area (Å²) in [5.74, 6) is 0.635. The standard InChI is InChI=1S/C13H9N3OS2/c1-17-11-5-4-9-12(15-11)19-13-14-8(7-16(9)13)10-3-2-6-18-10/h2-7H,1H3. The molecule has 94 valence electrons. The number of nitrogens with zero attached hydrogens (tertiary/aromatic N) is 3. The fourth-order valence-corrected chi connectivity index (χ4v) is 3.68. The van der Waals surface area contributed by atoms with Crippen LogP contribution < -0.4 is 4.74 Å². The van der Waals surface area contributed by atoms with Gasteiger partial charge in [0.15, 0.2) is 4.96 Å². The van der Waals surface area contributed by atoms with Gasteiger partial charge in [-0.05, 0) is 17.5 Å². The third kappa shape index (κ3) is 1.64. The minimum absolute atomic E-state index is 0.635. The third-order valence-corrected chi connectivity index (χ3v) is 4.78. The zero-order valence-corrected chi connectivity index (χ0v) is 11.7. The molecule has 0 unspecified atom stereocenters. The first-order chi connectivity index (χ1) is 9.35. The monoisotopic (exact) mass is 287 g/mol. The molecule has 0 N–H and O–H groups in total. The summed E-state index contributed by atoms with van der Waals surface area (Å²) in [7, 11) is 1.63. The van der Waals surface area contributed by atoms with Crippen molar-refractivity contribution in [2.75, 3.05) is 7.11 Å². The Morgan fingerprint density at radius 1 is 1.21 bits per heavy atom. The second kappa shape index (κ2) is 4.04. The second-order valence-electron chi connectivity index (χ2n) is 4.04. The van der Waals surface area contributed by atoms with Gasteiger partial charge in [-0.1, -0.05) is 17.4 Å². The van der Waals surface area contributed by atoms with E-state index in [-0.39, 0.29) is 0 Å². The van der Waals surface area contributed by atoms with Gasteiger partial charge >= 0.3 is 0 Å². The van der Waals surface area contributed by atoms with Crippen LogP contribution in [0.4, 0.5) is 0 Å². The van der Waals surface area contributed by atoms with Gasteiger partial charge in [0.1, 0.15) is 10.5 Å². The van der Waals surface area contributed by atoms with Crippen LogP contribution in [0.1, 0.15) is 0 Å². The van der Waals surface area contributed by atoms with Crippen molar-refractivity contribution >= 4 is 38.0 Å². The van der Waals surface area contributed by atoms with Crippen LogP contribution in [-0.2, 0) is 0 Å². The summed E-state index contributed by atoms with van der Waals surface area (Å²) < 4.78 is 7.23. The predicted molar refractivity (Wildman–Crippen MR) is 78.2 cm³/mol. The van der Waals surface area contributed by atoms with Crippen molar-refractivity contribution in [3.8, 4) is 16.5 Å². The van der Waals surface area contributed by atoms with Crippen molar-refractivity contribution in [1.29, 1.82) is 0 Å².